The van der Waals surface area contributed by atoms with Crippen LogP contribution >= 0.6 is 0 Å². The molecular weight excluding hydrogens is 366 g/mol. The fourth-order valence-electron chi connectivity index (χ4n) is 2.08. The maximum Gasteiger partial charge on any atom is 0.408 e. The Morgan fingerprint density at radius 2 is 1.64 bits per heavy atom. The van der Waals surface area contributed by atoms with Crippen LogP contribution in [0.15, 0.2) is 30.3 Å². The Bertz CT molecular complexity index is 685. The molecule has 28 heavy (non-hydrogen) atoms. The van der Waals surface area contributed by atoms with Crippen molar-refractivity contribution in [3.63, 3.8) is 0 Å². The molecule has 0 heterocycles. The first kappa shape index (κ1) is 22.9. The number of carbonyl (C=O) groups excluding carboxylic acids is 4. The van der Waals surface area contributed by atoms with Gasteiger partial charge in [-0.1, -0.05) is 30.3 Å². The summed E-state index contributed by atoms with van der Waals surface area (Å²) < 4.78 is 9.55. The van der Waals surface area contributed by atoms with Crippen LogP contribution in [0.4, 0.5) is 4.79 Å². The SMILES string of the molecule is COC(=O)CNC(=O)CN(Cc1ccccc1)C(=O)CNC(=O)OC(C)(C)C. The molecule has 0 spiro atoms. The number of nitrogens with one attached hydrogen (secondary N) is 2. The van der Waals surface area contributed by atoms with Crippen LogP contribution in [-0.2, 0) is 30.4 Å². The lowest BCUT2D eigenvalue weighted by Gasteiger charge is -2.23. The van der Waals surface area contributed by atoms with E-state index in [0.717, 1.165) is 5.56 Å². The largest absolute Gasteiger partial charge is 0.468 e. The van der Waals surface area contributed by atoms with Crippen LogP contribution in [0.2, 0.25) is 0 Å². The lowest BCUT2D eigenvalue weighted by molar-refractivity contribution is -0.141. The summed E-state index contributed by atoms with van der Waals surface area (Å²) >= 11 is 0. The molecule has 1 aromatic rings. The Morgan fingerprint density at radius 3 is 2.21 bits per heavy atom. The molecule has 0 saturated heterocycles. The second kappa shape index (κ2) is 10.9. The number of alkyl carbamates (subject to hydrolysis) is 1. The predicted molar refractivity (Wildman–Crippen MR) is 101 cm³/mol. The van der Waals surface area contributed by atoms with Gasteiger partial charge in [-0.05, 0) is 26.3 Å². The van der Waals surface area contributed by atoms with Gasteiger partial charge in [0.05, 0.1) is 13.7 Å². The third-order valence-electron chi connectivity index (χ3n) is 3.34. The quantitative estimate of drug-likeness (QED) is 0.633. The highest BCUT2D eigenvalue weighted by Crippen LogP contribution is 2.07. The monoisotopic (exact) mass is 393 g/mol. The molecule has 0 atom stereocenters. The molecule has 9 heteroatoms. The molecule has 0 saturated carbocycles. The zero-order valence-corrected chi connectivity index (χ0v) is 16.6. The van der Waals surface area contributed by atoms with E-state index < -0.39 is 29.5 Å². The van der Waals surface area contributed by atoms with E-state index >= 15 is 0 Å². The van der Waals surface area contributed by atoms with E-state index in [9.17, 15) is 19.2 Å². The average molecular weight is 393 g/mol. The zero-order chi connectivity index (χ0) is 21.2. The molecule has 2 N–H and O–H groups in total. The van der Waals surface area contributed by atoms with Crippen LogP contribution in [0.1, 0.15) is 26.3 Å². The van der Waals surface area contributed by atoms with Crippen molar-refractivity contribution in [1.29, 1.82) is 0 Å². The summed E-state index contributed by atoms with van der Waals surface area (Å²) in [5.41, 5.74) is 0.124. The van der Waals surface area contributed by atoms with Crippen LogP contribution in [0.5, 0.6) is 0 Å². The number of hydrogen-bond acceptors (Lipinski definition) is 6. The Morgan fingerprint density at radius 1 is 1.00 bits per heavy atom. The standard InChI is InChI=1S/C19H27N3O6/c1-19(2,3)28-18(26)21-10-16(24)22(12-14-8-6-5-7-9-14)13-15(23)20-11-17(25)27-4/h5-9H,10-13H2,1-4H3,(H,20,23)(H,21,26). The van der Waals surface area contributed by atoms with Gasteiger partial charge in [0.1, 0.15) is 18.7 Å². The van der Waals surface area contributed by atoms with Gasteiger partial charge in [0.15, 0.2) is 0 Å². The van der Waals surface area contributed by atoms with Gasteiger partial charge in [-0.3, -0.25) is 14.4 Å². The van der Waals surface area contributed by atoms with Crippen molar-refractivity contribution < 1.29 is 28.7 Å². The second-order valence-electron chi connectivity index (χ2n) is 6.94. The molecule has 154 valence electrons. The third kappa shape index (κ3) is 9.56. The normalized spacial score (nSPS) is 10.6. The summed E-state index contributed by atoms with van der Waals surface area (Å²) in [7, 11) is 1.21. The van der Waals surface area contributed by atoms with Crippen molar-refractivity contribution in [2.75, 3.05) is 26.7 Å². The van der Waals surface area contributed by atoms with Crippen LogP contribution in [0, 0.1) is 0 Å². The molecule has 3 amide bonds. The van der Waals surface area contributed by atoms with Crippen LogP contribution in [-0.4, -0.2) is 61.1 Å². The number of ether oxygens (including phenoxy) is 2. The van der Waals surface area contributed by atoms with Crippen molar-refractivity contribution in [1.82, 2.24) is 15.5 Å². The number of benzene rings is 1. The number of carbonyl (C=O) groups is 4. The van der Waals surface area contributed by atoms with Crippen molar-refractivity contribution in [3.8, 4) is 0 Å². The summed E-state index contributed by atoms with van der Waals surface area (Å²) in [6.45, 7) is 4.40. The molecule has 9 nitrogen and oxygen atoms in total. The summed E-state index contributed by atoms with van der Waals surface area (Å²) in [5.74, 6) is -1.59. The van der Waals surface area contributed by atoms with Crippen molar-refractivity contribution in [2.24, 2.45) is 0 Å². The van der Waals surface area contributed by atoms with Gasteiger partial charge < -0.3 is 25.0 Å². The van der Waals surface area contributed by atoms with E-state index in [2.05, 4.69) is 15.4 Å². The molecule has 0 aliphatic heterocycles. The number of hydrogen-bond donors (Lipinski definition) is 2. The lowest BCUT2D eigenvalue weighted by Crippen LogP contribution is -2.46. The van der Waals surface area contributed by atoms with Gasteiger partial charge in [-0.15, -0.1) is 0 Å². The Hall–Kier alpha value is -3.10. The van der Waals surface area contributed by atoms with Gasteiger partial charge in [0.2, 0.25) is 11.8 Å². The molecule has 0 aliphatic rings. The highest BCUT2D eigenvalue weighted by molar-refractivity contribution is 5.88. The molecular formula is C19H27N3O6. The Labute approximate surface area is 164 Å². The Kier molecular flexibility index (Phi) is 8.94. The minimum atomic E-state index is -0.726. The van der Waals surface area contributed by atoms with E-state index in [0.29, 0.717) is 0 Å². The zero-order valence-electron chi connectivity index (χ0n) is 16.6. The number of methoxy groups -OCH3 is 1. The van der Waals surface area contributed by atoms with E-state index in [1.807, 2.05) is 30.3 Å². The maximum atomic E-state index is 12.5. The summed E-state index contributed by atoms with van der Waals surface area (Å²) in [4.78, 5) is 48.8. The topological polar surface area (TPSA) is 114 Å². The first-order valence-corrected chi connectivity index (χ1v) is 8.73. The van der Waals surface area contributed by atoms with Gasteiger partial charge in [-0.25, -0.2) is 4.79 Å². The maximum absolute atomic E-state index is 12.5. The lowest BCUT2D eigenvalue weighted by atomic mass is 10.2. The fourth-order valence-corrected chi connectivity index (χ4v) is 2.08. The minimum absolute atomic E-state index is 0.168. The number of rotatable bonds is 8. The van der Waals surface area contributed by atoms with Gasteiger partial charge in [0, 0.05) is 6.54 Å². The molecule has 0 aromatic heterocycles. The van der Waals surface area contributed by atoms with Gasteiger partial charge in [0.25, 0.3) is 0 Å². The fraction of sp³-hybridized carbons (Fsp3) is 0.474. The molecule has 0 bridgehead atoms. The van der Waals surface area contributed by atoms with Gasteiger partial charge in [-0.2, -0.15) is 0 Å². The summed E-state index contributed by atoms with van der Waals surface area (Å²) in [6, 6.07) is 9.09. The molecule has 0 aliphatic carbocycles. The summed E-state index contributed by atoms with van der Waals surface area (Å²) in [6.07, 6.45) is -0.726. The average Bonchev–Trinajstić information content (AvgIpc) is 2.63. The molecule has 0 unspecified atom stereocenters. The van der Waals surface area contributed by atoms with Crippen LogP contribution in [0.3, 0.4) is 0 Å². The van der Waals surface area contributed by atoms with E-state index in [4.69, 9.17) is 4.74 Å². The molecule has 1 rings (SSSR count). The first-order chi connectivity index (χ1) is 13.1. The van der Waals surface area contributed by atoms with Crippen LogP contribution in [0.25, 0.3) is 0 Å². The number of nitrogens with zero attached hydrogens (tertiary/aromatic N) is 1. The Balaban J connectivity index is 2.71. The smallest absolute Gasteiger partial charge is 0.408 e. The molecule has 1 aromatic carbocycles. The molecule has 0 fully saturated rings. The van der Waals surface area contributed by atoms with Crippen molar-refractivity contribution in [3.05, 3.63) is 35.9 Å². The highest BCUT2D eigenvalue weighted by atomic mass is 16.6. The number of esters is 1. The number of amides is 3. The summed E-state index contributed by atoms with van der Waals surface area (Å²) in [5, 5.41) is 4.76. The second-order valence-corrected chi connectivity index (χ2v) is 6.94. The van der Waals surface area contributed by atoms with E-state index in [1.54, 1.807) is 20.8 Å². The molecule has 0 radical (unpaired) electrons. The van der Waals surface area contributed by atoms with Crippen molar-refractivity contribution >= 4 is 23.9 Å². The van der Waals surface area contributed by atoms with E-state index in [1.165, 1.54) is 12.0 Å². The third-order valence-corrected chi connectivity index (χ3v) is 3.34. The van der Waals surface area contributed by atoms with E-state index in [-0.39, 0.29) is 26.2 Å². The predicted octanol–water partition coefficient (Wildman–Crippen LogP) is 0.829. The van der Waals surface area contributed by atoms with Gasteiger partial charge >= 0.3 is 12.1 Å². The van der Waals surface area contributed by atoms with Crippen LogP contribution < -0.4 is 10.6 Å². The first-order valence-electron chi connectivity index (χ1n) is 8.73. The van der Waals surface area contributed by atoms with Crippen molar-refractivity contribution in [2.45, 2.75) is 32.9 Å². The minimum Gasteiger partial charge on any atom is -0.468 e. The highest BCUT2D eigenvalue weighted by Gasteiger charge is 2.21.